The predicted molar refractivity (Wildman–Crippen MR) is 253 cm³/mol. The van der Waals surface area contributed by atoms with E-state index in [0.717, 1.165) is 54.8 Å². The van der Waals surface area contributed by atoms with E-state index in [1.807, 2.05) is 24.3 Å². The van der Waals surface area contributed by atoms with Gasteiger partial charge in [0.25, 0.3) is 5.91 Å². The van der Waals surface area contributed by atoms with E-state index in [1.54, 1.807) is 52.8 Å². The lowest BCUT2D eigenvalue weighted by atomic mass is 9.87. The van der Waals surface area contributed by atoms with Crippen LogP contribution in [0.1, 0.15) is 62.4 Å². The zero-order valence-electron chi connectivity index (χ0n) is 38.3. The number of methoxy groups -OCH3 is 4. The topological polar surface area (TPSA) is 138 Å². The lowest BCUT2D eigenvalue weighted by Crippen LogP contribution is -2.34. The van der Waals surface area contributed by atoms with Crippen molar-refractivity contribution in [3.05, 3.63) is 136 Å². The number of hydrogen-bond acceptors (Lipinski definition) is 13. The Bertz CT molecular complexity index is 2690. The number of carbonyl (C=O) groups is 1. The first kappa shape index (κ1) is 44.2. The van der Waals surface area contributed by atoms with Gasteiger partial charge in [-0.05, 0) is 129 Å². The highest BCUT2D eigenvalue weighted by atomic mass is 16.5. The quantitative estimate of drug-likeness (QED) is 0.113. The molecule has 14 heteroatoms. The summed E-state index contributed by atoms with van der Waals surface area (Å²) in [5.41, 5.74) is 7.74. The molecule has 2 atom stereocenters. The standard InChI is InChI=1S/C52H56N6O8/c1-57-20-17-34-26-44(61-4)46-29-39(34)41(57)23-32-11-14-37(15-12-32)65-45-25-33(24-42-49-35(18-21-58(42)2)27-47(62-5)50(63-6)51(49)66-46)13-16-43(45)64-22-8-19-53-48-31-54-40(30-55-48)52(59)56-36-9-7-10-38(28-36)60-3/h7,9-16,25-31,41-42H,8,17-24H2,1-6H3,(H,53,55)(H,56,59). The summed E-state index contributed by atoms with van der Waals surface area (Å²) in [6.45, 7) is 2.76. The van der Waals surface area contributed by atoms with E-state index in [4.69, 9.17) is 33.2 Å². The summed E-state index contributed by atoms with van der Waals surface area (Å²) in [6, 6.07) is 28.1. The van der Waals surface area contributed by atoms with Gasteiger partial charge in [-0.15, -0.1) is 0 Å². The highest BCUT2D eigenvalue weighted by molar-refractivity contribution is 6.02. The fourth-order valence-electron chi connectivity index (χ4n) is 9.13. The molecule has 2 N–H and O–H groups in total. The molecule has 2 unspecified atom stereocenters. The zero-order valence-corrected chi connectivity index (χ0v) is 38.3. The van der Waals surface area contributed by atoms with Gasteiger partial charge in [0.2, 0.25) is 5.75 Å². The molecule has 1 amide bonds. The van der Waals surface area contributed by atoms with Crippen molar-refractivity contribution >= 4 is 17.4 Å². The van der Waals surface area contributed by atoms with Crippen LogP contribution >= 0.6 is 0 Å². The van der Waals surface area contributed by atoms with Crippen LogP contribution in [0.2, 0.25) is 0 Å². The second kappa shape index (κ2) is 19.6. The average molecular weight is 893 g/mol. The van der Waals surface area contributed by atoms with Crippen LogP contribution in [-0.4, -0.2) is 94.5 Å². The number of carbonyl (C=O) groups excluding carboxylic acids is 1. The largest absolute Gasteiger partial charge is 0.497 e. The van der Waals surface area contributed by atoms with Gasteiger partial charge in [-0.25, -0.2) is 9.97 Å². The van der Waals surface area contributed by atoms with Crippen LogP contribution in [0, 0.1) is 0 Å². The van der Waals surface area contributed by atoms with Crippen LogP contribution in [0.15, 0.2) is 97.3 Å². The number of rotatable bonds is 12. The maximum atomic E-state index is 12.8. The molecule has 4 aliphatic heterocycles. The molecule has 6 aromatic rings. The molecule has 4 aliphatic rings. The number of fused-ring (bicyclic) bond motifs is 2. The number of likely N-dealkylation sites (N-methyl/N-ethyl adjacent to an activating group) is 2. The van der Waals surface area contributed by atoms with E-state index < -0.39 is 0 Å². The molecule has 1 aromatic heterocycles. The van der Waals surface area contributed by atoms with Crippen LogP contribution in [-0.2, 0) is 25.7 Å². The number of aromatic nitrogens is 2. The van der Waals surface area contributed by atoms with Crippen LogP contribution in [0.3, 0.4) is 0 Å². The Kier molecular flexibility index (Phi) is 13.1. The normalized spacial score (nSPS) is 16.6. The van der Waals surface area contributed by atoms with E-state index in [9.17, 15) is 4.79 Å². The van der Waals surface area contributed by atoms with Gasteiger partial charge in [0.05, 0.1) is 47.4 Å². The number of nitrogens with zero attached hydrogens (tertiary/aromatic N) is 4. The van der Waals surface area contributed by atoms with Gasteiger partial charge in [0.1, 0.15) is 23.0 Å². The molecule has 0 radical (unpaired) electrons. The number of anilines is 2. The van der Waals surface area contributed by atoms with Crippen molar-refractivity contribution in [1.29, 1.82) is 0 Å². The van der Waals surface area contributed by atoms with Gasteiger partial charge < -0.3 is 43.8 Å². The maximum absolute atomic E-state index is 12.8. The minimum atomic E-state index is -0.363. The Morgan fingerprint density at radius 2 is 1.47 bits per heavy atom. The second-order valence-electron chi connectivity index (χ2n) is 16.8. The van der Waals surface area contributed by atoms with E-state index in [0.29, 0.717) is 83.5 Å². The smallest absolute Gasteiger partial charge is 0.275 e. The molecular weight excluding hydrogens is 837 g/mol. The van der Waals surface area contributed by atoms with Crippen molar-refractivity contribution < 1.29 is 38.0 Å². The molecule has 5 aromatic carbocycles. The summed E-state index contributed by atoms with van der Waals surface area (Å²) in [4.78, 5) is 26.3. The Morgan fingerprint density at radius 3 is 2.23 bits per heavy atom. The molecule has 66 heavy (non-hydrogen) atoms. The predicted octanol–water partition coefficient (Wildman–Crippen LogP) is 9.09. The fraction of sp³-hybridized carbons (Fsp3) is 0.327. The molecule has 14 nitrogen and oxygen atoms in total. The van der Waals surface area contributed by atoms with E-state index >= 15 is 0 Å². The van der Waals surface area contributed by atoms with Crippen molar-refractivity contribution in [3.63, 3.8) is 0 Å². The number of nitrogens with one attached hydrogen (secondary N) is 2. The average Bonchev–Trinajstić information content (AvgIpc) is 3.34. The Labute approximate surface area is 385 Å². The summed E-state index contributed by atoms with van der Waals surface area (Å²) in [5, 5.41) is 6.11. The van der Waals surface area contributed by atoms with Gasteiger partial charge in [-0.3, -0.25) is 14.6 Å². The molecule has 0 spiro atoms. The van der Waals surface area contributed by atoms with Crippen molar-refractivity contribution in [2.75, 3.05) is 79.4 Å². The molecule has 0 saturated heterocycles. The first-order valence-electron chi connectivity index (χ1n) is 22.3. The van der Waals surface area contributed by atoms with Crippen molar-refractivity contribution in [3.8, 4) is 51.7 Å². The highest BCUT2D eigenvalue weighted by Crippen LogP contribution is 2.52. The van der Waals surface area contributed by atoms with Crippen molar-refractivity contribution in [1.82, 2.24) is 19.8 Å². The lowest BCUT2D eigenvalue weighted by Gasteiger charge is -2.37. The monoisotopic (exact) mass is 892 g/mol. The molecule has 342 valence electrons. The Hall–Kier alpha value is -7.03. The third kappa shape index (κ3) is 9.38. The van der Waals surface area contributed by atoms with Crippen LogP contribution < -0.4 is 43.8 Å². The van der Waals surface area contributed by atoms with Crippen molar-refractivity contribution in [2.24, 2.45) is 0 Å². The SMILES string of the molecule is COc1cccc(NC(=O)c2cnc(NCCCOc3ccc4cc3Oc3ccc(cc3)CC3c5cc(c(OC)cc5CCN3C)Oc3c(OC)c(OC)cc5c3C(C4)N(C)CC5)cn2)c1. The van der Waals surface area contributed by atoms with Crippen LogP contribution in [0.5, 0.6) is 51.7 Å². The molecule has 0 aliphatic carbocycles. The summed E-state index contributed by atoms with van der Waals surface area (Å²) in [6.07, 6.45) is 6.85. The second-order valence-corrected chi connectivity index (χ2v) is 16.8. The van der Waals surface area contributed by atoms with E-state index in [2.05, 4.69) is 87.0 Å². The maximum Gasteiger partial charge on any atom is 0.275 e. The van der Waals surface area contributed by atoms with Gasteiger partial charge in [-0.1, -0.05) is 24.3 Å². The van der Waals surface area contributed by atoms with Crippen molar-refractivity contribution in [2.45, 2.75) is 44.2 Å². The third-order valence-corrected chi connectivity index (χ3v) is 12.7. The molecule has 5 heterocycles. The lowest BCUT2D eigenvalue weighted by molar-refractivity contribution is 0.102. The van der Waals surface area contributed by atoms with Crippen LogP contribution in [0.25, 0.3) is 0 Å². The minimum absolute atomic E-state index is 0.0746. The summed E-state index contributed by atoms with van der Waals surface area (Å²) in [5.74, 6) is 5.92. The van der Waals surface area contributed by atoms with Gasteiger partial charge in [-0.2, -0.15) is 0 Å². The number of amides is 1. The summed E-state index contributed by atoms with van der Waals surface area (Å²) in [7, 11) is 11.0. The Balaban J connectivity index is 0.978. The number of benzene rings is 5. The molecule has 0 saturated carbocycles. The number of hydrogen-bond donors (Lipinski definition) is 2. The number of ether oxygens (including phenoxy) is 7. The van der Waals surface area contributed by atoms with Gasteiger partial charge in [0.15, 0.2) is 34.5 Å². The first-order chi connectivity index (χ1) is 32.2. The third-order valence-electron chi connectivity index (χ3n) is 12.7. The van der Waals surface area contributed by atoms with Crippen LogP contribution in [0.4, 0.5) is 11.5 Å². The fourth-order valence-corrected chi connectivity index (χ4v) is 9.13. The molecule has 10 rings (SSSR count). The van der Waals surface area contributed by atoms with Gasteiger partial charge >= 0.3 is 0 Å². The van der Waals surface area contributed by atoms with Gasteiger partial charge in [0, 0.05) is 49.0 Å². The summed E-state index contributed by atoms with van der Waals surface area (Å²) < 4.78 is 43.6. The first-order valence-corrected chi connectivity index (χ1v) is 22.3. The summed E-state index contributed by atoms with van der Waals surface area (Å²) >= 11 is 0. The van der Waals surface area contributed by atoms with E-state index in [1.165, 1.54) is 22.9 Å². The zero-order chi connectivity index (χ0) is 45.7. The van der Waals surface area contributed by atoms with E-state index in [-0.39, 0.29) is 23.7 Å². The minimum Gasteiger partial charge on any atom is -0.497 e. The highest BCUT2D eigenvalue weighted by Gasteiger charge is 2.35. The molecule has 0 fully saturated rings. The molecule has 6 bridgehead atoms. The molecular formula is C52H56N6O8. The Morgan fingerprint density at radius 1 is 0.727 bits per heavy atom.